The maximum Gasteiger partial charge on any atom is 0.284 e. The van der Waals surface area contributed by atoms with Crippen molar-refractivity contribution in [3.8, 4) is 0 Å². The van der Waals surface area contributed by atoms with Crippen LogP contribution in [0.2, 0.25) is 0 Å². The van der Waals surface area contributed by atoms with Crippen molar-refractivity contribution in [1.29, 1.82) is 0 Å². The molecule has 156 valence electrons. The van der Waals surface area contributed by atoms with Gasteiger partial charge >= 0.3 is 0 Å². The molecule has 0 aliphatic heterocycles. The van der Waals surface area contributed by atoms with E-state index in [1.807, 2.05) is 13.0 Å². The molecule has 1 aromatic carbocycles. The third-order valence-electron chi connectivity index (χ3n) is 4.05. The highest BCUT2D eigenvalue weighted by molar-refractivity contribution is 5.99. The zero-order valence-electron chi connectivity index (χ0n) is 17.3. The van der Waals surface area contributed by atoms with Gasteiger partial charge in [0.05, 0.1) is 24.2 Å². The molecule has 1 aromatic heterocycles. The molecule has 2 rings (SSSR count). The first-order valence-electron chi connectivity index (χ1n) is 9.17. The lowest BCUT2D eigenvalue weighted by atomic mass is 10.1. The summed E-state index contributed by atoms with van der Waals surface area (Å²) >= 11 is 0. The summed E-state index contributed by atoms with van der Waals surface area (Å²) in [6.07, 6.45) is 3.72. The summed E-state index contributed by atoms with van der Waals surface area (Å²) in [5, 5.41) is 0.661. The van der Waals surface area contributed by atoms with Crippen LogP contribution in [0.25, 0.3) is 5.70 Å². The molecule has 7 heteroatoms. The van der Waals surface area contributed by atoms with Crippen molar-refractivity contribution in [2.75, 3.05) is 7.11 Å². The van der Waals surface area contributed by atoms with Gasteiger partial charge < -0.3 is 10.5 Å². The number of benzene rings is 1. The second kappa shape index (κ2) is 10.7. The third-order valence-corrected chi connectivity index (χ3v) is 4.05. The summed E-state index contributed by atoms with van der Waals surface area (Å²) in [7, 11) is 1.54. The van der Waals surface area contributed by atoms with Crippen LogP contribution < -0.4 is 5.73 Å². The minimum atomic E-state index is -0.548. The van der Waals surface area contributed by atoms with Crippen molar-refractivity contribution in [3.63, 3.8) is 0 Å². The third kappa shape index (κ3) is 6.15. The Morgan fingerprint density at radius 1 is 1.20 bits per heavy atom. The molecule has 0 saturated carbocycles. The van der Waals surface area contributed by atoms with Crippen LogP contribution in [0.1, 0.15) is 34.2 Å². The van der Waals surface area contributed by atoms with E-state index >= 15 is 0 Å². The number of hydrogen-bond donors (Lipinski definition) is 1. The molecule has 0 unspecified atom stereocenters. The number of hydroxylamine groups is 2. The number of methoxy groups -OCH3 is 1. The molecule has 7 nitrogen and oxygen atoms in total. The first-order chi connectivity index (χ1) is 14.3. The zero-order valence-corrected chi connectivity index (χ0v) is 17.3. The standard InChI is InChI=1S/C23H25N3O4/c1-16(2)12-19(29-4)13-21(24)22-11-7-9-18(25-22)14-30-26(15-27)23(28)20-10-6-5-8-17(20)3/h5-13,15H,1,14,24H2,2-4H3/b19-12+,21-13-. The molecular weight excluding hydrogens is 382 g/mol. The second-order valence-corrected chi connectivity index (χ2v) is 6.54. The lowest BCUT2D eigenvalue weighted by Crippen LogP contribution is -2.30. The van der Waals surface area contributed by atoms with Crippen molar-refractivity contribution >= 4 is 18.0 Å². The number of allylic oxidation sites excluding steroid dienone is 3. The fourth-order valence-electron chi connectivity index (χ4n) is 2.55. The summed E-state index contributed by atoms with van der Waals surface area (Å²) in [5.41, 5.74) is 9.45. The van der Waals surface area contributed by atoms with E-state index in [0.29, 0.717) is 39.9 Å². The topological polar surface area (TPSA) is 94.8 Å². The molecule has 0 fully saturated rings. The fourth-order valence-corrected chi connectivity index (χ4v) is 2.55. The van der Waals surface area contributed by atoms with Crippen LogP contribution in [0, 0.1) is 6.92 Å². The first-order valence-corrected chi connectivity index (χ1v) is 9.17. The molecule has 0 radical (unpaired) electrons. The van der Waals surface area contributed by atoms with Crippen LogP contribution in [0.3, 0.4) is 0 Å². The fraction of sp³-hybridized carbons (Fsp3) is 0.174. The first kappa shape index (κ1) is 22.6. The molecule has 0 saturated heterocycles. The Balaban J connectivity index is 2.14. The number of imide groups is 1. The molecule has 30 heavy (non-hydrogen) atoms. The second-order valence-electron chi connectivity index (χ2n) is 6.54. The summed E-state index contributed by atoms with van der Waals surface area (Å²) in [6.45, 7) is 7.35. The molecule has 0 bridgehead atoms. The number of pyridine rings is 1. The largest absolute Gasteiger partial charge is 0.497 e. The van der Waals surface area contributed by atoms with E-state index in [1.54, 1.807) is 55.5 Å². The maximum atomic E-state index is 12.5. The zero-order chi connectivity index (χ0) is 22.1. The van der Waals surface area contributed by atoms with E-state index in [2.05, 4.69) is 11.6 Å². The predicted molar refractivity (Wildman–Crippen MR) is 115 cm³/mol. The van der Waals surface area contributed by atoms with Crippen LogP contribution in [0.5, 0.6) is 0 Å². The van der Waals surface area contributed by atoms with Gasteiger partial charge in [-0.25, -0.2) is 4.98 Å². The van der Waals surface area contributed by atoms with E-state index in [9.17, 15) is 9.59 Å². The van der Waals surface area contributed by atoms with E-state index in [1.165, 1.54) is 7.11 Å². The number of aryl methyl sites for hydroxylation is 1. The number of carbonyl (C=O) groups excluding carboxylic acids is 2. The SMILES string of the molecule is C=C(C)/C=C(\C=C(/N)c1cccc(CON(C=O)C(=O)c2ccccc2C)n1)OC. The number of hydrogen-bond acceptors (Lipinski definition) is 6. The Morgan fingerprint density at radius 2 is 1.93 bits per heavy atom. The Kier molecular flexibility index (Phi) is 8.08. The number of carbonyl (C=O) groups is 2. The van der Waals surface area contributed by atoms with Gasteiger partial charge in [-0.2, -0.15) is 5.06 Å². The number of nitrogens with zero attached hydrogens (tertiary/aromatic N) is 2. The lowest BCUT2D eigenvalue weighted by molar-refractivity contribution is -0.159. The Labute approximate surface area is 176 Å². The average Bonchev–Trinajstić information content (AvgIpc) is 2.73. The summed E-state index contributed by atoms with van der Waals surface area (Å²) in [5.74, 6) is -0.00672. The summed E-state index contributed by atoms with van der Waals surface area (Å²) in [4.78, 5) is 33.7. The van der Waals surface area contributed by atoms with E-state index < -0.39 is 5.91 Å². The smallest absolute Gasteiger partial charge is 0.284 e. The van der Waals surface area contributed by atoms with Crippen molar-refractivity contribution < 1.29 is 19.2 Å². The maximum absolute atomic E-state index is 12.5. The Morgan fingerprint density at radius 3 is 2.57 bits per heavy atom. The van der Waals surface area contributed by atoms with E-state index in [4.69, 9.17) is 15.3 Å². The molecule has 2 N–H and O–H groups in total. The van der Waals surface area contributed by atoms with Crippen LogP contribution in [0.15, 0.2) is 72.5 Å². The van der Waals surface area contributed by atoms with Crippen LogP contribution in [-0.2, 0) is 21.0 Å². The van der Waals surface area contributed by atoms with Crippen LogP contribution in [0.4, 0.5) is 0 Å². The molecular formula is C23H25N3O4. The van der Waals surface area contributed by atoms with Gasteiger partial charge in [0.25, 0.3) is 5.91 Å². The molecule has 0 aliphatic rings. The van der Waals surface area contributed by atoms with Gasteiger partial charge in [0.15, 0.2) is 0 Å². The van der Waals surface area contributed by atoms with Crippen molar-refractivity contribution in [2.24, 2.45) is 5.73 Å². The molecule has 2 amide bonds. The van der Waals surface area contributed by atoms with Crippen molar-refractivity contribution in [3.05, 3.63) is 95.0 Å². The molecule has 0 atom stereocenters. The minimum Gasteiger partial charge on any atom is -0.497 e. The lowest BCUT2D eigenvalue weighted by Gasteiger charge is -2.16. The normalized spacial score (nSPS) is 11.7. The van der Waals surface area contributed by atoms with Gasteiger partial charge in [-0.1, -0.05) is 36.4 Å². The summed E-state index contributed by atoms with van der Waals surface area (Å²) < 4.78 is 5.26. The van der Waals surface area contributed by atoms with Crippen LogP contribution in [-0.4, -0.2) is 29.5 Å². The number of aromatic nitrogens is 1. The van der Waals surface area contributed by atoms with Gasteiger partial charge in [-0.3, -0.25) is 14.4 Å². The van der Waals surface area contributed by atoms with Crippen LogP contribution >= 0.6 is 0 Å². The number of rotatable bonds is 9. The Bertz CT molecular complexity index is 995. The van der Waals surface area contributed by atoms with Gasteiger partial charge in [-0.15, -0.1) is 0 Å². The van der Waals surface area contributed by atoms with E-state index in [0.717, 1.165) is 11.1 Å². The number of nitrogens with two attached hydrogens (primary N) is 1. The molecule has 1 heterocycles. The number of ether oxygens (including phenoxy) is 1. The quantitative estimate of drug-likeness (QED) is 0.296. The van der Waals surface area contributed by atoms with Gasteiger partial charge in [0.1, 0.15) is 12.4 Å². The highest BCUT2D eigenvalue weighted by Crippen LogP contribution is 2.14. The van der Waals surface area contributed by atoms with Crippen molar-refractivity contribution in [2.45, 2.75) is 20.5 Å². The monoisotopic (exact) mass is 407 g/mol. The van der Waals surface area contributed by atoms with Gasteiger partial charge in [0.2, 0.25) is 6.41 Å². The predicted octanol–water partition coefficient (Wildman–Crippen LogP) is 3.53. The molecule has 2 aromatic rings. The average molecular weight is 407 g/mol. The molecule has 0 aliphatic carbocycles. The van der Waals surface area contributed by atoms with Gasteiger partial charge in [-0.05, 0) is 43.7 Å². The number of amides is 2. The summed E-state index contributed by atoms with van der Waals surface area (Å²) in [6, 6.07) is 12.1. The minimum absolute atomic E-state index is 0.0871. The highest BCUT2D eigenvalue weighted by atomic mass is 16.7. The Hall–Kier alpha value is -3.71. The van der Waals surface area contributed by atoms with Gasteiger partial charge in [0, 0.05) is 11.6 Å². The van der Waals surface area contributed by atoms with Crippen molar-refractivity contribution in [1.82, 2.24) is 10.0 Å². The van der Waals surface area contributed by atoms with E-state index in [-0.39, 0.29) is 6.61 Å². The molecule has 0 spiro atoms. The highest BCUT2D eigenvalue weighted by Gasteiger charge is 2.18.